The predicted octanol–water partition coefficient (Wildman–Crippen LogP) is 4.89. The summed E-state index contributed by atoms with van der Waals surface area (Å²) in [5, 5.41) is 0. The molecule has 1 rings (SSSR count). The third-order valence-electron chi connectivity index (χ3n) is 2.12. The maximum Gasteiger partial charge on any atom is 0.119 e. The Morgan fingerprint density at radius 2 is 1.75 bits per heavy atom. The molecule has 0 aromatic heterocycles. The van der Waals surface area contributed by atoms with E-state index in [-0.39, 0.29) is 0 Å². The summed E-state index contributed by atoms with van der Waals surface area (Å²) < 4.78 is 5.54. The van der Waals surface area contributed by atoms with Gasteiger partial charge in [0.2, 0.25) is 0 Å². The largest absolute Gasteiger partial charge is 0.494 e. The van der Waals surface area contributed by atoms with Crippen LogP contribution in [0.3, 0.4) is 0 Å². The van der Waals surface area contributed by atoms with Gasteiger partial charge in [0.05, 0.1) is 6.61 Å². The Kier molecular flexibility index (Phi) is 9.49. The first kappa shape index (κ1) is 14.8. The van der Waals surface area contributed by atoms with Gasteiger partial charge in [-0.05, 0) is 6.42 Å². The van der Waals surface area contributed by atoms with Crippen LogP contribution in [0.2, 0.25) is 0 Å². The van der Waals surface area contributed by atoms with Crippen molar-refractivity contribution >= 4 is 5.76 Å². The van der Waals surface area contributed by atoms with E-state index >= 15 is 0 Å². The van der Waals surface area contributed by atoms with E-state index in [0.29, 0.717) is 0 Å². The zero-order chi connectivity index (χ0) is 12.2. The summed E-state index contributed by atoms with van der Waals surface area (Å²) in [5.41, 5.74) is 1.07. The number of hydrogen-bond donors (Lipinski definition) is 0. The van der Waals surface area contributed by atoms with Crippen molar-refractivity contribution < 1.29 is 4.74 Å². The Morgan fingerprint density at radius 1 is 1.12 bits per heavy atom. The van der Waals surface area contributed by atoms with E-state index in [1.165, 1.54) is 12.8 Å². The molecule has 0 spiro atoms. The highest BCUT2D eigenvalue weighted by Gasteiger charge is 1.97. The summed E-state index contributed by atoms with van der Waals surface area (Å²) >= 11 is 0. The van der Waals surface area contributed by atoms with Crippen LogP contribution in [0, 0.1) is 0 Å². The third-order valence-corrected chi connectivity index (χ3v) is 2.12. The minimum atomic E-state index is 0.779. The van der Waals surface area contributed by atoms with Crippen LogP contribution in [-0.2, 0) is 4.74 Å². The molecular weight excluding hydrogens is 196 g/mol. The molecule has 0 saturated heterocycles. The Morgan fingerprint density at radius 3 is 2.31 bits per heavy atom. The normalized spacial score (nSPS) is 8.94. The summed E-state index contributed by atoms with van der Waals surface area (Å²) in [6, 6.07) is 10.0. The average molecular weight is 220 g/mol. The van der Waals surface area contributed by atoms with Crippen molar-refractivity contribution in [2.75, 3.05) is 6.61 Å². The van der Waals surface area contributed by atoms with Crippen molar-refractivity contribution in [3.05, 3.63) is 42.5 Å². The maximum absolute atomic E-state index is 5.54. The summed E-state index contributed by atoms with van der Waals surface area (Å²) in [6.07, 6.45) is 3.56. The first-order chi connectivity index (χ1) is 7.84. The number of unbranched alkanes of at least 4 members (excludes halogenated alkanes) is 2. The quantitative estimate of drug-likeness (QED) is 0.490. The van der Waals surface area contributed by atoms with Crippen molar-refractivity contribution in [2.24, 2.45) is 0 Å². The van der Waals surface area contributed by atoms with Gasteiger partial charge < -0.3 is 4.74 Å². The highest BCUT2D eigenvalue weighted by atomic mass is 16.5. The van der Waals surface area contributed by atoms with Crippen molar-refractivity contribution in [2.45, 2.75) is 40.0 Å². The molecule has 1 aromatic carbocycles. The van der Waals surface area contributed by atoms with E-state index in [4.69, 9.17) is 4.74 Å². The molecule has 1 aromatic rings. The third kappa shape index (κ3) is 6.28. The molecule has 0 amide bonds. The highest BCUT2D eigenvalue weighted by Crippen LogP contribution is 2.13. The van der Waals surface area contributed by atoms with E-state index < -0.39 is 0 Å². The lowest BCUT2D eigenvalue weighted by molar-refractivity contribution is 0.268. The first-order valence-corrected chi connectivity index (χ1v) is 6.21. The maximum atomic E-state index is 5.54. The molecule has 0 bridgehead atoms. The monoisotopic (exact) mass is 220 g/mol. The molecule has 0 aliphatic rings. The van der Waals surface area contributed by atoms with E-state index in [2.05, 4.69) is 13.5 Å². The molecule has 90 valence electrons. The SMILES string of the molecule is C=C(OCCCCC)c1ccccc1.CC. The van der Waals surface area contributed by atoms with Crippen LogP contribution < -0.4 is 0 Å². The minimum Gasteiger partial charge on any atom is -0.494 e. The van der Waals surface area contributed by atoms with Crippen LogP contribution >= 0.6 is 0 Å². The van der Waals surface area contributed by atoms with E-state index in [1.54, 1.807) is 0 Å². The predicted molar refractivity (Wildman–Crippen MR) is 72.3 cm³/mol. The Labute approximate surface area is 100 Å². The second-order valence-corrected chi connectivity index (χ2v) is 3.34. The molecule has 1 nitrogen and oxygen atoms in total. The summed E-state index contributed by atoms with van der Waals surface area (Å²) in [5.74, 6) is 0.779. The van der Waals surface area contributed by atoms with Crippen molar-refractivity contribution in [3.8, 4) is 0 Å². The molecule has 0 fully saturated rings. The van der Waals surface area contributed by atoms with Crippen LogP contribution in [0.1, 0.15) is 45.6 Å². The van der Waals surface area contributed by atoms with Crippen molar-refractivity contribution in [1.82, 2.24) is 0 Å². The first-order valence-electron chi connectivity index (χ1n) is 6.21. The average Bonchev–Trinajstić information content (AvgIpc) is 2.38. The van der Waals surface area contributed by atoms with Gasteiger partial charge in [0.15, 0.2) is 0 Å². The molecule has 0 radical (unpaired) electrons. The number of hydrogen-bond acceptors (Lipinski definition) is 1. The fraction of sp³-hybridized carbons (Fsp3) is 0.467. The molecule has 0 aliphatic carbocycles. The number of rotatable bonds is 6. The lowest BCUT2D eigenvalue weighted by atomic mass is 10.2. The molecule has 0 heterocycles. The van der Waals surface area contributed by atoms with Gasteiger partial charge in [-0.25, -0.2) is 0 Å². The van der Waals surface area contributed by atoms with Crippen molar-refractivity contribution in [1.29, 1.82) is 0 Å². The van der Waals surface area contributed by atoms with Crippen molar-refractivity contribution in [3.63, 3.8) is 0 Å². The molecule has 0 N–H and O–H groups in total. The van der Waals surface area contributed by atoms with E-state index in [1.807, 2.05) is 44.2 Å². The molecule has 16 heavy (non-hydrogen) atoms. The summed E-state index contributed by atoms with van der Waals surface area (Å²) in [6.45, 7) is 10.9. The lowest BCUT2D eigenvalue weighted by Gasteiger charge is -2.08. The topological polar surface area (TPSA) is 9.23 Å². The summed E-state index contributed by atoms with van der Waals surface area (Å²) in [4.78, 5) is 0. The fourth-order valence-electron chi connectivity index (χ4n) is 1.25. The van der Waals surface area contributed by atoms with E-state index in [9.17, 15) is 0 Å². The molecule has 0 saturated carbocycles. The van der Waals surface area contributed by atoms with Crippen LogP contribution in [0.15, 0.2) is 36.9 Å². The van der Waals surface area contributed by atoms with Gasteiger partial charge in [0.1, 0.15) is 5.76 Å². The lowest BCUT2D eigenvalue weighted by Crippen LogP contribution is -1.93. The number of benzene rings is 1. The van der Waals surface area contributed by atoms with Gasteiger partial charge in [-0.1, -0.05) is 70.5 Å². The Hall–Kier alpha value is -1.24. The molecule has 1 heteroatoms. The van der Waals surface area contributed by atoms with E-state index in [0.717, 1.165) is 24.4 Å². The van der Waals surface area contributed by atoms with Gasteiger partial charge in [-0.3, -0.25) is 0 Å². The minimum absolute atomic E-state index is 0.779. The van der Waals surface area contributed by atoms with Crippen LogP contribution in [0.5, 0.6) is 0 Å². The van der Waals surface area contributed by atoms with Gasteiger partial charge in [-0.15, -0.1) is 0 Å². The van der Waals surface area contributed by atoms with Gasteiger partial charge in [0.25, 0.3) is 0 Å². The molecular formula is C15H24O. The molecule has 0 aliphatic heterocycles. The van der Waals surface area contributed by atoms with Crippen LogP contribution in [-0.4, -0.2) is 6.61 Å². The zero-order valence-electron chi connectivity index (χ0n) is 10.8. The Balaban J connectivity index is 0.00000106. The standard InChI is InChI=1S/C13H18O.C2H6/c1-3-4-8-11-14-12(2)13-9-6-5-7-10-13;1-2/h5-7,9-10H,2-4,8,11H2,1H3;1-2H3. The van der Waals surface area contributed by atoms with Crippen LogP contribution in [0.4, 0.5) is 0 Å². The fourth-order valence-corrected chi connectivity index (χ4v) is 1.25. The smallest absolute Gasteiger partial charge is 0.119 e. The van der Waals surface area contributed by atoms with Gasteiger partial charge >= 0.3 is 0 Å². The molecule has 0 unspecified atom stereocenters. The Bertz CT molecular complexity index is 264. The highest BCUT2D eigenvalue weighted by molar-refractivity contribution is 5.56. The second kappa shape index (κ2) is 10.3. The van der Waals surface area contributed by atoms with Gasteiger partial charge in [-0.2, -0.15) is 0 Å². The summed E-state index contributed by atoms with van der Waals surface area (Å²) in [7, 11) is 0. The van der Waals surface area contributed by atoms with Gasteiger partial charge in [0, 0.05) is 5.56 Å². The van der Waals surface area contributed by atoms with Crippen LogP contribution in [0.25, 0.3) is 5.76 Å². The number of ether oxygens (including phenoxy) is 1. The molecule has 0 atom stereocenters. The second-order valence-electron chi connectivity index (χ2n) is 3.34. The zero-order valence-corrected chi connectivity index (χ0v) is 10.8.